The molecule has 0 aliphatic heterocycles. The molecular weight excluding hydrogens is 180 g/mol. The molecule has 0 aromatic carbocycles. The van der Waals surface area contributed by atoms with Crippen LogP contribution in [-0.2, 0) is 0 Å². The van der Waals surface area contributed by atoms with Crippen molar-refractivity contribution in [3.05, 3.63) is 23.9 Å². The van der Waals surface area contributed by atoms with Crippen molar-refractivity contribution >= 4 is 0 Å². The standard InChI is InChI=1S/C10H16N2O2/c1-3-14-10-8(5-4-6-12-10)9(11)7(2)13/h4-7,9,13H,3,11H2,1-2H3. The zero-order valence-electron chi connectivity index (χ0n) is 8.47. The molecular formula is C10H16N2O2. The summed E-state index contributed by atoms with van der Waals surface area (Å²) in [5, 5.41) is 9.36. The lowest BCUT2D eigenvalue weighted by molar-refractivity contribution is 0.161. The second-order valence-corrected chi connectivity index (χ2v) is 3.10. The number of aliphatic hydroxyl groups excluding tert-OH is 1. The number of aliphatic hydroxyl groups is 1. The van der Waals surface area contributed by atoms with Gasteiger partial charge in [-0.15, -0.1) is 0 Å². The predicted molar refractivity (Wildman–Crippen MR) is 54.0 cm³/mol. The molecule has 0 saturated carbocycles. The Morgan fingerprint density at radius 3 is 2.93 bits per heavy atom. The SMILES string of the molecule is CCOc1ncccc1C(N)C(C)O. The van der Waals surface area contributed by atoms with Gasteiger partial charge in [0.15, 0.2) is 0 Å². The van der Waals surface area contributed by atoms with Gasteiger partial charge >= 0.3 is 0 Å². The Hall–Kier alpha value is -1.13. The number of hydrogen-bond donors (Lipinski definition) is 2. The van der Waals surface area contributed by atoms with E-state index in [9.17, 15) is 5.11 Å². The highest BCUT2D eigenvalue weighted by molar-refractivity contribution is 5.29. The van der Waals surface area contributed by atoms with Crippen LogP contribution in [0.25, 0.3) is 0 Å². The van der Waals surface area contributed by atoms with Gasteiger partial charge in [-0.3, -0.25) is 0 Å². The van der Waals surface area contributed by atoms with Crippen molar-refractivity contribution in [2.75, 3.05) is 6.61 Å². The van der Waals surface area contributed by atoms with Gasteiger partial charge in [0, 0.05) is 11.8 Å². The summed E-state index contributed by atoms with van der Waals surface area (Å²) in [5.74, 6) is 0.503. The molecule has 0 amide bonds. The summed E-state index contributed by atoms with van der Waals surface area (Å²) in [4.78, 5) is 4.06. The summed E-state index contributed by atoms with van der Waals surface area (Å²) < 4.78 is 5.31. The van der Waals surface area contributed by atoms with Gasteiger partial charge in [0.25, 0.3) is 0 Å². The van der Waals surface area contributed by atoms with E-state index in [0.717, 1.165) is 5.56 Å². The molecule has 78 valence electrons. The maximum atomic E-state index is 9.36. The molecule has 2 unspecified atom stereocenters. The van der Waals surface area contributed by atoms with Gasteiger partial charge < -0.3 is 15.6 Å². The highest BCUT2D eigenvalue weighted by atomic mass is 16.5. The number of nitrogens with two attached hydrogens (primary N) is 1. The number of nitrogens with zero attached hydrogens (tertiary/aromatic N) is 1. The number of hydrogen-bond acceptors (Lipinski definition) is 4. The number of aromatic nitrogens is 1. The van der Waals surface area contributed by atoms with Gasteiger partial charge in [-0.25, -0.2) is 4.98 Å². The summed E-state index contributed by atoms with van der Waals surface area (Å²) in [5.41, 5.74) is 6.54. The maximum Gasteiger partial charge on any atom is 0.218 e. The van der Waals surface area contributed by atoms with Gasteiger partial charge in [0.1, 0.15) is 0 Å². The highest BCUT2D eigenvalue weighted by Crippen LogP contribution is 2.22. The molecule has 3 N–H and O–H groups in total. The van der Waals surface area contributed by atoms with Gasteiger partial charge in [0.2, 0.25) is 5.88 Å². The van der Waals surface area contributed by atoms with Crippen molar-refractivity contribution in [2.45, 2.75) is 26.0 Å². The normalized spacial score (nSPS) is 14.9. The molecule has 4 nitrogen and oxygen atoms in total. The van der Waals surface area contributed by atoms with E-state index in [4.69, 9.17) is 10.5 Å². The zero-order valence-corrected chi connectivity index (χ0v) is 8.47. The minimum atomic E-state index is -0.613. The Kier molecular flexibility index (Phi) is 3.85. The van der Waals surface area contributed by atoms with Gasteiger partial charge in [-0.2, -0.15) is 0 Å². The second-order valence-electron chi connectivity index (χ2n) is 3.10. The van der Waals surface area contributed by atoms with E-state index in [0.29, 0.717) is 12.5 Å². The molecule has 0 spiro atoms. The second kappa shape index (κ2) is 4.93. The Bertz CT molecular complexity index is 289. The fourth-order valence-corrected chi connectivity index (χ4v) is 1.17. The van der Waals surface area contributed by atoms with Crippen LogP contribution < -0.4 is 10.5 Å². The van der Waals surface area contributed by atoms with E-state index < -0.39 is 12.1 Å². The lowest BCUT2D eigenvalue weighted by Crippen LogP contribution is -2.24. The predicted octanol–water partition coefficient (Wildman–Crippen LogP) is 0.861. The van der Waals surface area contributed by atoms with Crippen molar-refractivity contribution < 1.29 is 9.84 Å². The molecule has 0 bridgehead atoms. The molecule has 0 saturated heterocycles. The molecule has 4 heteroatoms. The van der Waals surface area contributed by atoms with Crippen molar-refractivity contribution in [3.63, 3.8) is 0 Å². The summed E-state index contributed by atoms with van der Waals surface area (Å²) in [6.07, 6.45) is 1.03. The quantitative estimate of drug-likeness (QED) is 0.749. The first-order valence-electron chi connectivity index (χ1n) is 4.68. The van der Waals surface area contributed by atoms with E-state index >= 15 is 0 Å². The molecule has 0 fully saturated rings. The lowest BCUT2D eigenvalue weighted by atomic mass is 10.1. The smallest absolute Gasteiger partial charge is 0.218 e. The summed E-state index contributed by atoms with van der Waals surface area (Å²) >= 11 is 0. The summed E-state index contributed by atoms with van der Waals surface area (Å²) in [6, 6.07) is 3.14. The van der Waals surface area contributed by atoms with Crippen LogP contribution >= 0.6 is 0 Å². The van der Waals surface area contributed by atoms with Crippen LogP contribution in [0.3, 0.4) is 0 Å². The van der Waals surface area contributed by atoms with Gasteiger partial charge in [-0.1, -0.05) is 6.07 Å². The molecule has 0 aliphatic carbocycles. The molecule has 1 aromatic rings. The topological polar surface area (TPSA) is 68.4 Å². The lowest BCUT2D eigenvalue weighted by Gasteiger charge is -2.17. The molecule has 2 atom stereocenters. The maximum absolute atomic E-state index is 9.36. The Balaban J connectivity index is 2.94. The van der Waals surface area contributed by atoms with Crippen LogP contribution in [0.15, 0.2) is 18.3 Å². The number of ether oxygens (including phenoxy) is 1. The van der Waals surface area contributed by atoms with E-state index in [1.807, 2.05) is 13.0 Å². The van der Waals surface area contributed by atoms with Crippen LogP contribution in [0, 0.1) is 0 Å². The largest absolute Gasteiger partial charge is 0.478 e. The number of pyridine rings is 1. The van der Waals surface area contributed by atoms with E-state index in [1.165, 1.54) is 0 Å². The van der Waals surface area contributed by atoms with E-state index in [-0.39, 0.29) is 0 Å². The number of rotatable bonds is 4. The first kappa shape index (κ1) is 10.9. The van der Waals surface area contributed by atoms with Crippen molar-refractivity contribution in [2.24, 2.45) is 5.73 Å². The Morgan fingerprint density at radius 1 is 1.64 bits per heavy atom. The van der Waals surface area contributed by atoms with Crippen LogP contribution in [0.2, 0.25) is 0 Å². The van der Waals surface area contributed by atoms with E-state index in [1.54, 1.807) is 19.2 Å². The molecule has 1 heterocycles. The third kappa shape index (κ3) is 2.43. The monoisotopic (exact) mass is 196 g/mol. The van der Waals surface area contributed by atoms with Crippen LogP contribution in [0.5, 0.6) is 5.88 Å². The summed E-state index contributed by atoms with van der Waals surface area (Å²) in [7, 11) is 0. The minimum absolute atomic E-state index is 0.453. The minimum Gasteiger partial charge on any atom is -0.478 e. The molecule has 1 rings (SSSR count). The van der Waals surface area contributed by atoms with Gasteiger partial charge in [0.05, 0.1) is 18.8 Å². The van der Waals surface area contributed by atoms with Crippen molar-refractivity contribution in [3.8, 4) is 5.88 Å². The van der Waals surface area contributed by atoms with Crippen LogP contribution in [0.1, 0.15) is 25.5 Å². The average molecular weight is 196 g/mol. The molecule has 1 aromatic heterocycles. The first-order valence-corrected chi connectivity index (χ1v) is 4.68. The fourth-order valence-electron chi connectivity index (χ4n) is 1.17. The Morgan fingerprint density at radius 2 is 2.36 bits per heavy atom. The Labute approximate surface area is 83.7 Å². The molecule has 0 aliphatic rings. The third-order valence-corrected chi connectivity index (χ3v) is 1.96. The molecule has 0 radical (unpaired) electrons. The fraction of sp³-hybridized carbons (Fsp3) is 0.500. The van der Waals surface area contributed by atoms with Crippen molar-refractivity contribution in [1.82, 2.24) is 4.98 Å². The van der Waals surface area contributed by atoms with E-state index in [2.05, 4.69) is 4.98 Å². The zero-order chi connectivity index (χ0) is 10.6. The van der Waals surface area contributed by atoms with Crippen LogP contribution in [0.4, 0.5) is 0 Å². The van der Waals surface area contributed by atoms with Gasteiger partial charge in [-0.05, 0) is 19.9 Å². The molecule has 14 heavy (non-hydrogen) atoms. The third-order valence-electron chi connectivity index (χ3n) is 1.96. The van der Waals surface area contributed by atoms with Crippen molar-refractivity contribution in [1.29, 1.82) is 0 Å². The first-order chi connectivity index (χ1) is 6.66. The average Bonchev–Trinajstić information content (AvgIpc) is 2.18. The highest BCUT2D eigenvalue weighted by Gasteiger charge is 2.16. The summed E-state index contributed by atoms with van der Waals surface area (Å²) in [6.45, 7) is 4.07. The van der Waals surface area contributed by atoms with Crippen LogP contribution in [-0.4, -0.2) is 22.8 Å².